The van der Waals surface area contributed by atoms with Gasteiger partial charge in [-0.3, -0.25) is 4.79 Å². The highest BCUT2D eigenvalue weighted by Gasteiger charge is 2.30. The van der Waals surface area contributed by atoms with Gasteiger partial charge in [0, 0.05) is 24.8 Å². The maximum absolute atomic E-state index is 12.1. The number of carbonyl (C=O) groups excluding carboxylic acids is 2. The number of benzene rings is 1. The summed E-state index contributed by atoms with van der Waals surface area (Å²) in [6.07, 6.45) is 0.0800. The molecule has 2 N–H and O–H groups in total. The van der Waals surface area contributed by atoms with Crippen molar-refractivity contribution in [2.24, 2.45) is 0 Å². The van der Waals surface area contributed by atoms with Crippen molar-refractivity contribution in [3.63, 3.8) is 0 Å². The van der Waals surface area contributed by atoms with Crippen LogP contribution in [0.25, 0.3) is 0 Å². The number of ether oxygens (including phenoxy) is 2. The van der Waals surface area contributed by atoms with Gasteiger partial charge in [0.05, 0.1) is 5.69 Å². The van der Waals surface area contributed by atoms with Gasteiger partial charge in [0.25, 0.3) is 5.91 Å². The van der Waals surface area contributed by atoms with Gasteiger partial charge in [0.1, 0.15) is 11.4 Å². The number of likely N-dealkylation sites (tertiary alicyclic amines) is 1. The van der Waals surface area contributed by atoms with Crippen LogP contribution in [0.15, 0.2) is 18.2 Å². The minimum Gasteiger partial charge on any atom is -0.479 e. The van der Waals surface area contributed by atoms with Crippen molar-refractivity contribution in [2.45, 2.75) is 51.9 Å². The first kappa shape index (κ1) is 17.4. The van der Waals surface area contributed by atoms with E-state index in [-0.39, 0.29) is 18.0 Å². The Morgan fingerprint density at radius 1 is 1.40 bits per heavy atom. The second-order valence-corrected chi connectivity index (χ2v) is 7.52. The van der Waals surface area contributed by atoms with Crippen molar-refractivity contribution in [1.29, 1.82) is 0 Å². The molecule has 2 unspecified atom stereocenters. The van der Waals surface area contributed by atoms with Gasteiger partial charge >= 0.3 is 6.09 Å². The predicted octanol–water partition coefficient (Wildman–Crippen LogP) is 2.83. The SMILES string of the molecule is CC1Oc2ccc(NC3CCN(C(=O)OC(C)(C)C)C3)cc2NC1=O. The zero-order chi connectivity index (χ0) is 18.2. The van der Waals surface area contributed by atoms with Crippen LogP contribution in [0.2, 0.25) is 0 Å². The largest absolute Gasteiger partial charge is 0.479 e. The molecule has 3 rings (SSSR count). The van der Waals surface area contributed by atoms with Crippen molar-refractivity contribution in [3.8, 4) is 5.75 Å². The van der Waals surface area contributed by atoms with E-state index >= 15 is 0 Å². The second kappa shape index (κ2) is 6.46. The van der Waals surface area contributed by atoms with Crippen LogP contribution in [-0.2, 0) is 9.53 Å². The Kier molecular flexibility index (Phi) is 4.49. The number of anilines is 2. The lowest BCUT2D eigenvalue weighted by atomic mass is 10.2. The van der Waals surface area contributed by atoms with Gasteiger partial charge in [-0.2, -0.15) is 0 Å². The maximum atomic E-state index is 12.1. The molecule has 2 aliphatic heterocycles. The molecule has 2 atom stereocenters. The summed E-state index contributed by atoms with van der Waals surface area (Å²) in [4.78, 5) is 25.6. The third-order valence-electron chi connectivity index (χ3n) is 4.12. The van der Waals surface area contributed by atoms with Crippen molar-refractivity contribution in [2.75, 3.05) is 23.7 Å². The highest BCUT2D eigenvalue weighted by atomic mass is 16.6. The molecule has 1 fully saturated rings. The second-order valence-electron chi connectivity index (χ2n) is 7.52. The zero-order valence-electron chi connectivity index (χ0n) is 15.1. The van der Waals surface area contributed by atoms with Crippen LogP contribution < -0.4 is 15.4 Å². The summed E-state index contributed by atoms with van der Waals surface area (Å²) in [7, 11) is 0. The molecule has 1 aromatic rings. The molecule has 7 nitrogen and oxygen atoms in total. The van der Waals surface area contributed by atoms with Crippen LogP contribution in [0.3, 0.4) is 0 Å². The molecule has 0 aliphatic carbocycles. The number of hydrogen-bond acceptors (Lipinski definition) is 5. The molecule has 7 heteroatoms. The van der Waals surface area contributed by atoms with Crippen LogP contribution in [0.1, 0.15) is 34.1 Å². The first-order valence-electron chi connectivity index (χ1n) is 8.57. The third kappa shape index (κ3) is 4.15. The number of carbonyl (C=O) groups is 2. The normalized spacial score (nSPS) is 22.7. The van der Waals surface area contributed by atoms with E-state index in [1.54, 1.807) is 11.8 Å². The van der Waals surface area contributed by atoms with Crippen LogP contribution in [0.4, 0.5) is 16.2 Å². The van der Waals surface area contributed by atoms with E-state index in [1.807, 2.05) is 39.0 Å². The lowest BCUT2D eigenvalue weighted by molar-refractivity contribution is -0.122. The van der Waals surface area contributed by atoms with Crippen molar-refractivity contribution >= 4 is 23.4 Å². The van der Waals surface area contributed by atoms with E-state index in [1.165, 1.54) is 0 Å². The molecule has 136 valence electrons. The van der Waals surface area contributed by atoms with Gasteiger partial charge in [-0.15, -0.1) is 0 Å². The van der Waals surface area contributed by atoms with Gasteiger partial charge in [-0.25, -0.2) is 4.79 Å². The average Bonchev–Trinajstić information content (AvgIpc) is 2.96. The number of amides is 2. The van der Waals surface area contributed by atoms with Crippen molar-refractivity contribution in [1.82, 2.24) is 4.90 Å². The van der Waals surface area contributed by atoms with Crippen molar-refractivity contribution in [3.05, 3.63) is 18.2 Å². The molecule has 0 spiro atoms. The third-order valence-corrected chi connectivity index (χ3v) is 4.12. The molecule has 1 aromatic carbocycles. The first-order valence-corrected chi connectivity index (χ1v) is 8.57. The average molecular weight is 347 g/mol. The smallest absolute Gasteiger partial charge is 0.410 e. The fraction of sp³-hybridized carbons (Fsp3) is 0.556. The fourth-order valence-electron chi connectivity index (χ4n) is 2.90. The Bertz CT molecular complexity index is 683. The minimum atomic E-state index is -0.490. The Morgan fingerprint density at radius 3 is 2.88 bits per heavy atom. The molecular weight excluding hydrogens is 322 g/mol. The molecule has 2 aliphatic rings. The first-order chi connectivity index (χ1) is 11.7. The number of nitrogens with zero attached hydrogens (tertiary/aromatic N) is 1. The van der Waals surface area contributed by atoms with E-state index in [0.717, 1.165) is 12.1 Å². The van der Waals surface area contributed by atoms with E-state index < -0.39 is 11.7 Å². The summed E-state index contributed by atoms with van der Waals surface area (Å²) < 4.78 is 11.0. The Labute approximate surface area is 147 Å². The fourth-order valence-corrected chi connectivity index (χ4v) is 2.90. The van der Waals surface area contributed by atoms with Crippen molar-refractivity contribution < 1.29 is 19.1 Å². The maximum Gasteiger partial charge on any atom is 0.410 e. The lowest BCUT2D eigenvalue weighted by Gasteiger charge is -2.25. The van der Waals surface area contributed by atoms with Crippen LogP contribution in [0.5, 0.6) is 5.75 Å². The molecule has 0 saturated carbocycles. The van der Waals surface area contributed by atoms with Gasteiger partial charge in [0.15, 0.2) is 6.10 Å². The van der Waals surface area contributed by atoms with Gasteiger partial charge in [-0.05, 0) is 52.3 Å². The molecule has 25 heavy (non-hydrogen) atoms. The van der Waals surface area contributed by atoms with E-state index in [4.69, 9.17) is 9.47 Å². The summed E-state index contributed by atoms with van der Waals surface area (Å²) in [5.41, 5.74) is 1.06. The molecule has 0 bridgehead atoms. The predicted molar refractivity (Wildman–Crippen MR) is 95.0 cm³/mol. The van der Waals surface area contributed by atoms with Gasteiger partial charge in [-0.1, -0.05) is 0 Å². The molecule has 0 radical (unpaired) electrons. The number of nitrogens with one attached hydrogen (secondary N) is 2. The van der Waals surface area contributed by atoms with Crippen LogP contribution in [0, 0.1) is 0 Å². The highest BCUT2D eigenvalue weighted by molar-refractivity contribution is 5.98. The Morgan fingerprint density at radius 2 is 2.16 bits per heavy atom. The number of fused-ring (bicyclic) bond motifs is 1. The number of rotatable bonds is 2. The van der Waals surface area contributed by atoms with E-state index in [0.29, 0.717) is 24.5 Å². The van der Waals surface area contributed by atoms with E-state index in [9.17, 15) is 9.59 Å². The highest BCUT2D eigenvalue weighted by Crippen LogP contribution is 2.32. The Balaban J connectivity index is 1.60. The lowest BCUT2D eigenvalue weighted by Crippen LogP contribution is -2.36. The monoisotopic (exact) mass is 347 g/mol. The molecular formula is C18H25N3O4. The molecule has 0 aromatic heterocycles. The zero-order valence-corrected chi connectivity index (χ0v) is 15.1. The van der Waals surface area contributed by atoms with E-state index in [2.05, 4.69) is 10.6 Å². The summed E-state index contributed by atoms with van der Waals surface area (Å²) in [6.45, 7) is 8.55. The minimum absolute atomic E-state index is 0.143. The van der Waals surface area contributed by atoms with Crippen LogP contribution >= 0.6 is 0 Å². The summed E-state index contributed by atoms with van der Waals surface area (Å²) >= 11 is 0. The summed E-state index contributed by atoms with van der Waals surface area (Å²) in [5.74, 6) is 0.515. The topological polar surface area (TPSA) is 79.9 Å². The molecule has 2 amide bonds. The molecule has 2 heterocycles. The van der Waals surface area contributed by atoms with Gasteiger partial charge < -0.3 is 25.0 Å². The van der Waals surface area contributed by atoms with Crippen LogP contribution in [-0.4, -0.2) is 47.7 Å². The number of hydrogen-bond donors (Lipinski definition) is 2. The summed E-state index contributed by atoms with van der Waals surface area (Å²) in [5, 5.41) is 6.25. The Hall–Kier alpha value is -2.44. The standard InChI is InChI=1S/C18H25N3O4/c1-11-16(22)20-14-9-12(5-6-15(14)24-11)19-13-7-8-21(10-13)17(23)25-18(2,3)4/h5-6,9,11,13,19H,7-8,10H2,1-4H3,(H,20,22). The summed E-state index contributed by atoms with van der Waals surface area (Å²) in [6, 6.07) is 5.76. The van der Waals surface area contributed by atoms with Gasteiger partial charge in [0.2, 0.25) is 0 Å². The molecule has 1 saturated heterocycles. The quantitative estimate of drug-likeness (QED) is 0.860.